The van der Waals surface area contributed by atoms with Gasteiger partial charge in [0.1, 0.15) is 0 Å². The highest BCUT2D eigenvalue weighted by Crippen LogP contribution is 2.13. The van der Waals surface area contributed by atoms with E-state index in [1.807, 2.05) is 0 Å². The van der Waals surface area contributed by atoms with Crippen molar-refractivity contribution in [3.05, 3.63) is 12.2 Å². The van der Waals surface area contributed by atoms with E-state index in [1.54, 1.807) is 0 Å². The van der Waals surface area contributed by atoms with Gasteiger partial charge < -0.3 is 10.0 Å². The average molecular weight is 365 g/mol. The zero-order valence-corrected chi connectivity index (χ0v) is 17.4. The van der Waals surface area contributed by atoms with Crippen LogP contribution in [0.25, 0.3) is 0 Å². The molecule has 0 aromatic heterocycles. The summed E-state index contributed by atoms with van der Waals surface area (Å²) in [4.78, 5) is 6.82. The maximum absolute atomic E-state index is 9.06. The SMILES string of the molecule is CCCCCCC/C=C/CCCCCCCCCC1=NCCN1CCO. The van der Waals surface area contributed by atoms with Crippen molar-refractivity contribution in [3.8, 4) is 0 Å². The molecule has 0 saturated heterocycles. The van der Waals surface area contributed by atoms with Crippen LogP contribution < -0.4 is 0 Å². The van der Waals surface area contributed by atoms with E-state index in [1.165, 1.54) is 95.7 Å². The van der Waals surface area contributed by atoms with Crippen LogP contribution in [0.5, 0.6) is 0 Å². The van der Waals surface area contributed by atoms with E-state index in [2.05, 4.69) is 29.0 Å². The standard InChI is InChI=1S/C23H44N2O/c1-2-3-4-5-6-7-8-9-10-11-12-13-14-15-16-17-18-23-24-19-20-25(23)21-22-26/h8-9,26H,2-7,10-22H2,1H3/b9-8+. The molecule has 3 nitrogen and oxygen atoms in total. The number of aliphatic hydroxyl groups is 1. The number of aliphatic imine (C=N–C) groups is 1. The number of allylic oxidation sites excluding steroid dienone is 2. The predicted octanol–water partition coefficient (Wildman–Crippen LogP) is 6.12. The van der Waals surface area contributed by atoms with Gasteiger partial charge in [-0.25, -0.2) is 0 Å². The molecule has 152 valence electrons. The first-order chi connectivity index (χ1) is 12.9. The number of aliphatic hydroxyl groups excluding tert-OH is 1. The van der Waals surface area contributed by atoms with Crippen LogP contribution in [0.3, 0.4) is 0 Å². The van der Waals surface area contributed by atoms with Gasteiger partial charge in [-0.2, -0.15) is 0 Å². The molecule has 3 heteroatoms. The number of hydrogen-bond acceptors (Lipinski definition) is 3. The van der Waals surface area contributed by atoms with E-state index in [9.17, 15) is 0 Å². The van der Waals surface area contributed by atoms with Gasteiger partial charge in [-0.3, -0.25) is 4.99 Å². The Labute approximate surface area is 163 Å². The highest BCUT2D eigenvalue weighted by Gasteiger charge is 2.14. The first-order valence-electron chi connectivity index (χ1n) is 11.4. The number of unbranched alkanes of at least 4 members (excludes halogenated alkanes) is 12. The maximum Gasteiger partial charge on any atom is 0.0991 e. The smallest absolute Gasteiger partial charge is 0.0991 e. The van der Waals surface area contributed by atoms with Crippen molar-refractivity contribution in [2.75, 3.05) is 26.2 Å². The Morgan fingerprint density at radius 2 is 1.42 bits per heavy atom. The molecule has 0 amide bonds. The summed E-state index contributed by atoms with van der Waals surface area (Å²) < 4.78 is 0. The van der Waals surface area contributed by atoms with Gasteiger partial charge in [-0.1, -0.05) is 76.9 Å². The maximum atomic E-state index is 9.06. The van der Waals surface area contributed by atoms with Crippen molar-refractivity contribution in [2.24, 2.45) is 4.99 Å². The Balaban J connectivity index is 1.79. The molecule has 1 heterocycles. The van der Waals surface area contributed by atoms with E-state index in [0.717, 1.165) is 26.1 Å². The van der Waals surface area contributed by atoms with Gasteiger partial charge in [0.2, 0.25) is 0 Å². The van der Waals surface area contributed by atoms with Crippen molar-refractivity contribution in [1.29, 1.82) is 0 Å². The largest absolute Gasteiger partial charge is 0.395 e. The minimum Gasteiger partial charge on any atom is -0.395 e. The molecule has 0 radical (unpaired) electrons. The second-order valence-corrected chi connectivity index (χ2v) is 7.70. The fraction of sp³-hybridized carbons (Fsp3) is 0.870. The molecule has 0 fully saturated rings. The van der Waals surface area contributed by atoms with E-state index >= 15 is 0 Å². The van der Waals surface area contributed by atoms with Crippen LogP contribution in [0.2, 0.25) is 0 Å². The number of amidine groups is 1. The van der Waals surface area contributed by atoms with Gasteiger partial charge in [0.05, 0.1) is 19.0 Å². The summed E-state index contributed by atoms with van der Waals surface area (Å²) in [6.07, 6.45) is 24.9. The van der Waals surface area contributed by atoms with Gasteiger partial charge in [0.25, 0.3) is 0 Å². The second-order valence-electron chi connectivity index (χ2n) is 7.70. The zero-order valence-electron chi connectivity index (χ0n) is 17.4. The van der Waals surface area contributed by atoms with Crippen LogP contribution in [0.1, 0.15) is 103 Å². The Morgan fingerprint density at radius 1 is 0.846 bits per heavy atom. The highest BCUT2D eigenvalue weighted by atomic mass is 16.3. The molecule has 0 aromatic carbocycles. The molecule has 0 aromatic rings. The highest BCUT2D eigenvalue weighted by molar-refractivity contribution is 5.83. The lowest BCUT2D eigenvalue weighted by molar-refractivity contribution is 0.255. The minimum atomic E-state index is 0.243. The van der Waals surface area contributed by atoms with E-state index < -0.39 is 0 Å². The molecule has 26 heavy (non-hydrogen) atoms. The van der Waals surface area contributed by atoms with Crippen LogP contribution in [-0.4, -0.2) is 42.1 Å². The van der Waals surface area contributed by atoms with Crippen molar-refractivity contribution in [2.45, 2.75) is 103 Å². The van der Waals surface area contributed by atoms with Gasteiger partial charge in [0, 0.05) is 19.5 Å². The van der Waals surface area contributed by atoms with Gasteiger partial charge in [-0.05, 0) is 32.1 Å². The summed E-state index contributed by atoms with van der Waals surface area (Å²) in [5, 5.41) is 9.06. The molecule has 0 unspecified atom stereocenters. The van der Waals surface area contributed by atoms with Gasteiger partial charge >= 0.3 is 0 Å². The number of hydrogen-bond donors (Lipinski definition) is 1. The fourth-order valence-electron chi connectivity index (χ4n) is 3.66. The molecule has 0 atom stereocenters. The van der Waals surface area contributed by atoms with E-state index in [-0.39, 0.29) is 6.61 Å². The lowest BCUT2D eigenvalue weighted by Gasteiger charge is -2.18. The van der Waals surface area contributed by atoms with Crippen LogP contribution in [0.15, 0.2) is 17.1 Å². The summed E-state index contributed by atoms with van der Waals surface area (Å²) in [5.41, 5.74) is 0. The second kappa shape index (κ2) is 17.6. The Kier molecular flexibility index (Phi) is 15.7. The molecule has 1 rings (SSSR count). The van der Waals surface area contributed by atoms with Crippen molar-refractivity contribution in [1.82, 2.24) is 4.90 Å². The zero-order chi connectivity index (χ0) is 18.7. The number of nitrogens with zero attached hydrogens (tertiary/aromatic N) is 2. The molecule has 0 saturated carbocycles. The molecular weight excluding hydrogens is 320 g/mol. The predicted molar refractivity (Wildman–Crippen MR) is 115 cm³/mol. The summed E-state index contributed by atoms with van der Waals surface area (Å²) in [7, 11) is 0. The quantitative estimate of drug-likeness (QED) is 0.235. The number of rotatable bonds is 18. The lowest BCUT2D eigenvalue weighted by Crippen LogP contribution is -2.30. The van der Waals surface area contributed by atoms with Crippen LogP contribution in [0.4, 0.5) is 0 Å². The third kappa shape index (κ3) is 12.5. The van der Waals surface area contributed by atoms with E-state index in [4.69, 9.17) is 5.11 Å². The Morgan fingerprint density at radius 3 is 2.04 bits per heavy atom. The van der Waals surface area contributed by atoms with Crippen LogP contribution in [-0.2, 0) is 0 Å². The molecule has 1 aliphatic heterocycles. The molecule has 1 N–H and O–H groups in total. The van der Waals surface area contributed by atoms with Crippen molar-refractivity contribution >= 4 is 5.84 Å². The first-order valence-corrected chi connectivity index (χ1v) is 11.4. The molecule has 0 spiro atoms. The van der Waals surface area contributed by atoms with E-state index in [0.29, 0.717) is 0 Å². The van der Waals surface area contributed by atoms with Crippen LogP contribution >= 0.6 is 0 Å². The first kappa shape index (κ1) is 23.2. The monoisotopic (exact) mass is 364 g/mol. The number of β-amino-alcohol motifs (C(OH)–C–C–N with tert-alkyl or cyclic N) is 1. The van der Waals surface area contributed by atoms with Gasteiger partial charge in [0.15, 0.2) is 0 Å². The summed E-state index contributed by atoms with van der Waals surface area (Å²) in [5.74, 6) is 1.23. The molecule has 0 bridgehead atoms. The average Bonchev–Trinajstić information content (AvgIpc) is 3.09. The third-order valence-corrected chi connectivity index (χ3v) is 5.31. The van der Waals surface area contributed by atoms with Gasteiger partial charge in [-0.15, -0.1) is 0 Å². The lowest BCUT2D eigenvalue weighted by atomic mass is 10.1. The molecule has 0 aliphatic carbocycles. The molecule has 1 aliphatic rings. The summed E-state index contributed by atoms with van der Waals surface area (Å²) >= 11 is 0. The Hall–Kier alpha value is -0.830. The fourth-order valence-corrected chi connectivity index (χ4v) is 3.66. The summed E-state index contributed by atoms with van der Waals surface area (Å²) in [6.45, 7) is 5.20. The molecular formula is C23H44N2O. The van der Waals surface area contributed by atoms with Crippen molar-refractivity contribution in [3.63, 3.8) is 0 Å². The third-order valence-electron chi connectivity index (χ3n) is 5.31. The Bertz CT molecular complexity index is 365. The van der Waals surface area contributed by atoms with Crippen LogP contribution in [0, 0.1) is 0 Å². The minimum absolute atomic E-state index is 0.243. The normalized spacial score (nSPS) is 14.5. The van der Waals surface area contributed by atoms with Crippen molar-refractivity contribution < 1.29 is 5.11 Å². The summed E-state index contributed by atoms with van der Waals surface area (Å²) in [6, 6.07) is 0. The topological polar surface area (TPSA) is 35.8 Å².